The predicted molar refractivity (Wildman–Crippen MR) is 56.9 cm³/mol. The van der Waals surface area contributed by atoms with E-state index in [1.54, 1.807) is 0 Å². The van der Waals surface area contributed by atoms with E-state index in [2.05, 4.69) is 30.2 Å². The molecule has 2 heteroatoms. The van der Waals surface area contributed by atoms with Gasteiger partial charge in [-0.3, -0.25) is 4.98 Å². The van der Waals surface area contributed by atoms with Gasteiger partial charge < -0.3 is 5.32 Å². The molecule has 1 aromatic rings. The Hall–Kier alpha value is -1.05. The van der Waals surface area contributed by atoms with Crippen LogP contribution in [0.2, 0.25) is 0 Å². The summed E-state index contributed by atoms with van der Waals surface area (Å²) < 4.78 is 0. The Morgan fingerprint density at radius 3 is 2.77 bits per heavy atom. The molecule has 1 N–H and O–H groups in total. The van der Waals surface area contributed by atoms with Crippen LogP contribution in [0.3, 0.4) is 0 Å². The first-order valence-corrected chi connectivity index (χ1v) is 4.89. The number of pyridine rings is 1. The van der Waals surface area contributed by atoms with Gasteiger partial charge in [-0.05, 0) is 25.0 Å². The molecular formula is C11H18N2. The van der Waals surface area contributed by atoms with E-state index >= 15 is 0 Å². The molecule has 0 aliphatic heterocycles. The minimum absolute atomic E-state index is 0.723. The van der Waals surface area contributed by atoms with Crippen molar-refractivity contribution in [2.24, 2.45) is 5.92 Å². The highest BCUT2D eigenvalue weighted by Gasteiger charge is 1.97. The molecule has 0 aromatic carbocycles. The number of rotatable bonds is 4. The molecule has 1 rings (SSSR count). The largest absolute Gasteiger partial charge is 0.384 e. The van der Waals surface area contributed by atoms with Crippen molar-refractivity contribution >= 4 is 5.69 Å². The van der Waals surface area contributed by atoms with Gasteiger partial charge in [0.15, 0.2) is 0 Å². The van der Waals surface area contributed by atoms with E-state index in [0.717, 1.165) is 23.8 Å². The van der Waals surface area contributed by atoms with Crippen LogP contribution in [0.1, 0.15) is 26.0 Å². The first kappa shape index (κ1) is 10.0. The lowest BCUT2D eigenvalue weighted by molar-refractivity contribution is 0.593. The van der Waals surface area contributed by atoms with E-state index in [0.29, 0.717) is 0 Å². The maximum absolute atomic E-state index is 4.22. The van der Waals surface area contributed by atoms with Crippen LogP contribution in [0.25, 0.3) is 0 Å². The molecule has 1 atom stereocenters. The van der Waals surface area contributed by atoms with Crippen molar-refractivity contribution in [3.05, 3.63) is 24.0 Å². The Morgan fingerprint density at radius 1 is 1.46 bits per heavy atom. The number of nitrogens with one attached hydrogen (secondary N) is 1. The highest BCUT2D eigenvalue weighted by atomic mass is 14.9. The fourth-order valence-electron chi connectivity index (χ4n) is 1.01. The summed E-state index contributed by atoms with van der Waals surface area (Å²) in [6.07, 6.45) is 3.10. The molecule has 0 bridgehead atoms. The summed E-state index contributed by atoms with van der Waals surface area (Å²) in [5.41, 5.74) is 2.18. The summed E-state index contributed by atoms with van der Waals surface area (Å²) in [4.78, 5) is 4.22. The molecule has 0 spiro atoms. The van der Waals surface area contributed by atoms with E-state index in [9.17, 15) is 0 Å². The van der Waals surface area contributed by atoms with Gasteiger partial charge in [-0.15, -0.1) is 0 Å². The zero-order valence-electron chi connectivity index (χ0n) is 8.67. The Bertz CT molecular complexity index is 241. The Balaban J connectivity index is 2.41. The fraction of sp³-hybridized carbons (Fsp3) is 0.545. The standard InChI is InChI=1S/C11H18N2/c1-4-9(2)7-13-11-6-5-10(3)12-8-11/h5-6,8-9,13H,4,7H2,1-3H3. The van der Waals surface area contributed by atoms with E-state index < -0.39 is 0 Å². The molecule has 1 heterocycles. The summed E-state index contributed by atoms with van der Waals surface area (Å²) in [7, 11) is 0. The van der Waals surface area contributed by atoms with Gasteiger partial charge >= 0.3 is 0 Å². The van der Waals surface area contributed by atoms with E-state index in [1.807, 2.05) is 19.2 Å². The maximum Gasteiger partial charge on any atom is 0.0527 e. The van der Waals surface area contributed by atoms with Gasteiger partial charge in [0, 0.05) is 12.2 Å². The van der Waals surface area contributed by atoms with Crippen molar-refractivity contribution in [1.82, 2.24) is 4.98 Å². The van der Waals surface area contributed by atoms with Crippen molar-refractivity contribution in [2.75, 3.05) is 11.9 Å². The van der Waals surface area contributed by atoms with E-state index in [-0.39, 0.29) is 0 Å². The van der Waals surface area contributed by atoms with Gasteiger partial charge in [0.1, 0.15) is 0 Å². The molecule has 0 amide bonds. The molecule has 1 unspecified atom stereocenters. The molecule has 0 saturated carbocycles. The van der Waals surface area contributed by atoms with Crippen LogP contribution in [0.15, 0.2) is 18.3 Å². The normalized spacial score (nSPS) is 12.5. The van der Waals surface area contributed by atoms with Crippen molar-refractivity contribution in [3.63, 3.8) is 0 Å². The third-order valence-electron chi connectivity index (χ3n) is 2.26. The lowest BCUT2D eigenvalue weighted by Crippen LogP contribution is -2.10. The molecular weight excluding hydrogens is 160 g/mol. The zero-order valence-corrected chi connectivity index (χ0v) is 8.67. The van der Waals surface area contributed by atoms with Crippen molar-refractivity contribution < 1.29 is 0 Å². The van der Waals surface area contributed by atoms with Crippen LogP contribution in [0, 0.1) is 12.8 Å². The molecule has 2 nitrogen and oxygen atoms in total. The average Bonchev–Trinajstić information content (AvgIpc) is 2.16. The van der Waals surface area contributed by atoms with Gasteiger partial charge in [0.05, 0.1) is 11.9 Å². The van der Waals surface area contributed by atoms with Gasteiger partial charge in [0.2, 0.25) is 0 Å². The van der Waals surface area contributed by atoms with Crippen molar-refractivity contribution in [1.29, 1.82) is 0 Å². The maximum atomic E-state index is 4.22. The van der Waals surface area contributed by atoms with E-state index in [4.69, 9.17) is 0 Å². The third-order valence-corrected chi connectivity index (χ3v) is 2.26. The highest BCUT2D eigenvalue weighted by molar-refractivity contribution is 5.40. The van der Waals surface area contributed by atoms with Crippen LogP contribution in [0.4, 0.5) is 5.69 Å². The first-order chi connectivity index (χ1) is 6.22. The number of hydrogen-bond acceptors (Lipinski definition) is 2. The molecule has 0 aliphatic carbocycles. The Labute approximate surface area is 80.4 Å². The molecule has 13 heavy (non-hydrogen) atoms. The van der Waals surface area contributed by atoms with Crippen LogP contribution in [-0.4, -0.2) is 11.5 Å². The minimum atomic E-state index is 0.723. The predicted octanol–water partition coefficient (Wildman–Crippen LogP) is 2.85. The third kappa shape index (κ3) is 3.45. The second kappa shape index (κ2) is 4.85. The number of nitrogens with zero attached hydrogens (tertiary/aromatic N) is 1. The van der Waals surface area contributed by atoms with Gasteiger partial charge in [-0.1, -0.05) is 20.3 Å². The van der Waals surface area contributed by atoms with Gasteiger partial charge in [0.25, 0.3) is 0 Å². The van der Waals surface area contributed by atoms with Crippen molar-refractivity contribution in [3.8, 4) is 0 Å². The number of aromatic nitrogens is 1. The Kier molecular flexibility index (Phi) is 3.74. The summed E-state index contributed by atoms with van der Waals surface area (Å²) >= 11 is 0. The minimum Gasteiger partial charge on any atom is -0.384 e. The van der Waals surface area contributed by atoms with Gasteiger partial charge in [-0.25, -0.2) is 0 Å². The number of anilines is 1. The lowest BCUT2D eigenvalue weighted by atomic mass is 10.1. The molecule has 0 radical (unpaired) electrons. The summed E-state index contributed by atoms with van der Waals surface area (Å²) in [5.74, 6) is 0.723. The summed E-state index contributed by atoms with van der Waals surface area (Å²) in [6.45, 7) is 7.48. The van der Waals surface area contributed by atoms with Crippen molar-refractivity contribution in [2.45, 2.75) is 27.2 Å². The lowest BCUT2D eigenvalue weighted by Gasteiger charge is -2.10. The van der Waals surface area contributed by atoms with Crippen LogP contribution in [-0.2, 0) is 0 Å². The SMILES string of the molecule is CCC(C)CNc1ccc(C)nc1. The smallest absolute Gasteiger partial charge is 0.0527 e. The van der Waals surface area contributed by atoms with Crippen LogP contribution in [0.5, 0.6) is 0 Å². The monoisotopic (exact) mass is 178 g/mol. The quantitative estimate of drug-likeness (QED) is 0.766. The topological polar surface area (TPSA) is 24.9 Å². The van der Waals surface area contributed by atoms with Crippen LogP contribution < -0.4 is 5.32 Å². The molecule has 0 saturated heterocycles. The fourth-order valence-corrected chi connectivity index (χ4v) is 1.01. The molecule has 72 valence electrons. The molecule has 0 fully saturated rings. The van der Waals surface area contributed by atoms with E-state index in [1.165, 1.54) is 6.42 Å². The second-order valence-corrected chi connectivity index (χ2v) is 3.58. The summed E-state index contributed by atoms with van der Waals surface area (Å²) in [6, 6.07) is 4.10. The van der Waals surface area contributed by atoms with Gasteiger partial charge in [-0.2, -0.15) is 0 Å². The molecule has 0 aliphatic rings. The van der Waals surface area contributed by atoms with Crippen LogP contribution >= 0.6 is 0 Å². The summed E-state index contributed by atoms with van der Waals surface area (Å²) in [5, 5.41) is 3.36. The zero-order chi connectivity index (χ0) is 9.68. The molecule has 1 aromatic heterocycles. The Morgan fingerprint density at radius 2 is 2.23 bits per heavy atom. The highest BCUT2D eigenvalue weighted by Crippen LogP contribution is 2.07. The number of hydrogen-bond donors (Lipinski definition) is 1. The average molecular weight is 178 g/mol. The number of aryl methyl sites for hydroxylation is 1. The second-order valence-electron chi connectivity index (χ2n) is 3.58. The first-order valence-electron chi connectivity index (χ1n) is 4.89.